The van der Waals surface area contributed by atoms with E-state index in [1.54, 1.807) is 6.92 Å². The Kier molecular flexibility index (Phi) is 3.46. The fourth-order valence-corrected chi connectivity index (χ4v) is 3.02. The zero-order valence-corrected chi connectivity index (χ0v) is 12.6. The summed E-state index contributed by atoms with van der Waals surface area (Å²) in [5.41, 5.74) is 2.43. The molecule has 2 N–H and O–H groups in total. The van der Waals surface area contributed by atoms with Gasteiger partial charge in [-0.05, 0) is 30.5 Å². The van der Waals surface area contributed by atoms with E-state index in [4.69, 9.17) is 9.88 Å². The fraction of sp³-hybridized carbons (Fsp3) is 0.357. The fourth-order valence-electron chi connectivity index (χ4n) is 2.49. The summed E-state index contributed by atoms with van der Waals surface area (Å²) in [4.78, 5) is 3.98. The van der Waals surface area contributed by atoms with Gasteiger partial charge in [0.25, 0.3) is 10.0 Å². The highest BCUT2D eigenvalue weighted by atomic mass is 32.2. The highest BCUT2D eigenvalue weighted by Crippen LogP contribution is 2.26. The van der Waals surface area contributed by atoms with Crippen molar-refractivity contribution < 1.29 is 13.2 Å². The molecule has 0 unspecified atom stereocenters. The Morgan fingerprint density at radius 1 is 1.43 bits per heavy atom. The van der Waals surface area contributed by atoms with Crippen LogP contribution in [0.1, 0.15) is 17.0 Å². The number of ether oxygens (including phenoxy) is 1. The highest BCUT2D eigenvalue weighted by Gasteiger charge is 2.15. The Morgan fingerprint density at radius 2 is 2.24 bits per heavy atom. The number of aryl methyl sites for hydroxylation is 3. The SMILES string of the molecule is Cc1nc(S(N)(=O)=O)cn1CCc1ccc2c(c1)CCO2. The Morgan fingerprint density at radius 3 is 2.95 bits per heavy atom. The topological polar surface area (TPSA) is 87.2 Å². The molecule has 0 atom stereocenters. The van der Waals surface area contributed by atoms with Crippen molar-refractivity contribution in [2.24, 2.45) is 5.14 Å². The molecule has 6 nitrogen and oxygen atoms in total. The minimum absolute atomic E-state index is 0.0812. The van der Waals surface area contributed by atoms with Gasteiger partial charge in [-0.3, -0.25) is 0 Å². The highest BCUT2D eigenvalue weighted by molar-refractivity contribution is 7.89. The third-order valence-electron chi connectivity index (χ3n) is 3.64. The Bertz CT molecular complexity index is 781. The number of benzene rings is 1. The van der Waals surface area contributed by atoms with Crippen molar-refractivity contribution in [3.8, 4) is 5.75 Å². The standard InChI is InChI=1S/C14H17N3O3S/c1-10-16-14(21(15,18)19)9-17(10)6-4-11-2-3-13-12(8-11)5-7-20-13/h2-3,8-9H,4-7H2,1H3,(H2,15,18,19). The van der Waals surface area contributed by atoms with E-state index in [-0.39, 0.29) is 5.03 Å². The molecule has 0 saturated carbocycles. The normalized spacial score (nSPS) is 14.0. The van der Waals surface area contributed by atoms with E-state index < -0.39 is 10.0 Å². The zero-order chi connectivity index (χ0) is 15.0. The van der Waals surface area contributed by atoms with Crippen molar-refractivity contribution in [2.45, 2.75) is 31.3 Å². The minimum Gasteiger partial charge on any atom is -0.493 e. The molecule has 1 aromatic heterocycles. The lowest BCUT2D eigenvalue weighted by Crippen LogP contribution is -2.12. The van der Waals surface area contributed by atoms with Crippen LogP contribution in [0.5, 0.6) is 5.75 Å². The summed E-state index contributed by atoms with van der Waals surface area (Å²) in [6, 6.07) is 6.18. The molecular formula is C14H17N3O3S. The molecule has 2 aromatic rings. The molecule has 112 valence electrons. The monoisotopic (exact) mass is 307 g/mol. The first kappa shape index (κ1) is 14.1. The first-order chi connectivity index (χ1) is 9.93. The van der Waals surface area contributed by atoms with Gasteiger partial charge in [-0.25, -0.2) is 18.5 Å². The van der Waals surface area contributed by atoms with Gasteiger partial charge in [0.05, 0.1) is 6.61 Å². The molecule has 3 rings (SSSR count). The van der Waals surface area contributed by atoms with Gasteiger partial charge in [-0.2, -0.15) is 0 Å². The second-order valence-electron chi connectivity index (χ2n) is 5.16. The number of sulfonamides is 1. The molecule has 1 aliphatic rings. The molecule has 0 aliphatic carbocycles. The van der Waals surface area contributed by atoms with Crippen molar-refractivity contribution >= 4 is 10.0 Å². The number of aromatic nitrogens is 2. The summed E-state index contributed by atoms with van der Waals surface area (Å²) in [5.74, 6) is 1.61. The number of hydrogen-bond acceptors (Lipinski definition) is 4. The maximum Gasteiger partial charge on any atom is 0.257 e. The number of hydrogen-bond donors (Lipinski definition) is 1. The number of fused-ring (bicyclic) bond motifs is 1. The third-order valence-corrected chi connectivity index (χ3v) is 4.42. The van der Waals surface area contributed by atoms with Crippen LogP contribution in [0.25, 0.3) is 0 Å². The number of primary sulfonamides is 1. The predicted molar refractivity (Wildman–Crippen MR) is 77.7 cm³/mol. The van der Waals surface area contributed by atoms with Gasteiger partial charge >= 0.3 is 0 Å². The van der Waals surface area contributed by atoms with Gasteiger partial charge in [-0.1, -0.05) is 12.1 Å². The molecule has 0 radical (unpaired) electrons. The smallest absolute Gasteiger partial charge is 0.257 e. The van der Waals surface area contributed by atoms with E-state index >= 15 is 0 Å². The lowest BCUT2D eigenvalue weighted by Gasteiger charge is -2.06. The summed E-state index contributed by atoms with van der Waals surface area (Å²) in [6.07, 6.45) is 3.23. The number of nitrogens with zero attached hydrogens (tertiary/aromatic N) is 2. The van der Waals surface area contributed by atoms with Crippen LogP contribution < -0.4 is 9.88 Å². The van der Waals surface area contributed by atoms with Crippen LogP contribution in [0, 0.1) is 6.92 Å². The molecule has 7 heteroatoms. The van der Waals surface area contributed by atoms with Crippen LogP contribution in [-0.2, 0) is 29.4 Å². The van der Waals surface area contributed by atoms with Gasteiger partial charge in [0, 0.05) is 19.2 Å². The molecule has 0 bridgehead atoms. The summed E-state index contributed by atoms with van der Waals surface area (Å²) in [7, 11) is -3.74. The van der Waals surface area contributed by atoms with Crippen molar-refractivity contribution in [3.05, 3.63) is 41.3 Å². The number of imidazole rings is 1. The summed E-state index contributed by atoms with van der Waals surface area (Å²) in [6.45, 7) is 3.18. The predicted octanol–water partition coefficient (Wildman–Crippen LogP) is 1.02. The number of rotatable bonds is 4. The summed E-state index contributed by atoms with van der Waals surface area (Å²) >= 11 is 0. The van der Waals surface area contributed by atoms with E-state index in [1.165, 1.54) is 17.3 Å². The van der Waals surface area contributed by atoms with Crippen LogP contribution in [0.15, 0.2) is 29.4 Å². The maximum atomic E-state index is 11.3. The van der Waals surface area contributed by atoms with Gasteiger partial charge < -0.3 is 9.30 Å². The van der Waals surface area contributed by atoms with Crippen molar-refractivity contribution in [1.29, 1.82) is 0 Å². The third kappa shape index (κ3) is 2.93. The average molecular weight is 307 g/mol. The van der Waals surface area contributed by atoms with Crippen LogP contribution in [0.2, 0.25) is 0 Å². The molecule has 0 fully saturated rings. The van der Waals surface area contributed by atoms with E-state index in [9.17, 15) is 8.42 Å². The molecule has 2 heterocycles. The maximum absolute atomic E-state index is 11.3. The molecule has 0 spiro atoms. The molecule has 21 heavy (non-hydrogen) atoms. The first-order valence-corrected chi connectivity index (χ1v) is 8.29. The van der Waals surface area contributed by atoms with Gasteiger partial charge in [0.1, 0.15) is 11.6 Å². The zero-order valence-electron chi connectivity index (χ0n) is 11.7. The van der Waals surface area contributed by atoms with Crippen LogP contribution in [-0.4, -0.2) is 24.6 Å². The van der Waals surface area contributed by atoms with Gasteiger partial charge in [-0.15, -0.1) is 0 Å². The Hall–Kier alpha value is -1.86. The van der Waals surface area contributed by atoms with E-state index in [2.05, 4.69) is 11.1 Å². The lowest BCUT2D eigenvalue weighted by molar-refractivity contribution is 0.357. The van der Waals surface area contributed by atoms with Crippen LogP contribution in [0.4, 0.5) is 0 Å². The van der Waals surface area contributed by atoms with Crippen molar-refractivity contribution in [1.82, 2.24) is 9.55 Å². The average Bonchev–Trinajstić information content (AvgIpc) is 3.01. The molecule has 1 aliphatic heterocycles. The van der Waals surface area contributed by atoms with Gasteiger partial charge in [0.2, 0.25) is 0 Å². The molecule has 0 amide bonds. The largest absolute Gasteiger partial charge is 0.493 e. The molecule has 0 saturated heterocycles. The van der Waals surface area contributed by atoms with Crippen LogP contribution in [0.3, 0.4) is 0 Å². The Labute approximate surface area is 123 Å². The van der Waals surface area contributed by atoms with E-state index in [0.717, 1.165) is 25.2 Å². The minimum atomic E-state index is -3.74. The second-order valence-corrected chi connectivity index (χ2v) is 6.66. The number of nitrogens with two attached hydrogens (primary N) is 1. The summed E-state index contributed by atoms with van der Waals surface area (Å²) < 4.78 is 29.9. The van der Waals surface area contributed by atoms with E-state index in [1.807, 2.05) is 16.7 Å². The summed E-state index contributed by atoms with van der Waals surface area (Å²) in [5, 5.41) is 5.01. The van der Waals surface area contributed by atoms with Crippen molar-refractivity contribution in [3.63, 3.8) is 0 Å². The van der Waals surface area contributed by atoms with Gasteiger partial charge in [0.15, 0.2) is 5.03 Å². The van der Waals surface area contributed by atoms with Crippen molar-refractivity contribution in [2.75, 3.05) is 6.61 Å². The quantitative estimate of drug-likeness (QED) is 0.913. The van der Waals surface area contributed by atoms with E-state index in [0.29, 0.717) is 12.4 Å². The second kappa shape index (κ2) is 5.16. The Balaban J connectivity index is 1.75. The molecule has 1 aromatic carbocycles. The molecular weight excluding hydrogens is 290 g/mol. The van der Waals surface area contributed by atoms with Crippen LogP contribution >= 0.6 is 0 Å². The lowest BCUT2D eigenvalue weighted by atomic mass is 10.1. The first-order valence-electron chi connectivity index (χ1n) is 6.75.